The fraction of sp³-hybridized carbons (Fsp3) is 0.182. The van der Waals surface area contributed by atoms with Crippen molar-refractivity contribution in [1.29, 1.82) is 0 Å². The van der Waals surface area contributed by atoms with E-state index in [0.717, 1.165) is 10.6 Å². The molecule has 0 atom stereocenters. The molecule has 2 heterocycles. The van der Waals surface area contributed by atoms with Crippen molar-refractivity contribution in [2.24, 2.45) is 5.73 Å². The Morgan fingerprint density at radius 3 is 3.06 bits per heavy atom. The first-order chi connectivity index (χ1) is 8.70. The van der Waals surface area contributed by atoms with Crippen LogP contribution in [0.25, 0.3) is 0 Å². The fourth-order valence-corrected chi connectivity index (χ4v) is 2.59. The number of aryl methyl sites for hydroxylation is 1. The summed E-state index contributed by atoms with van der Waals surface area (Å²) in [5.74, 6) is 5.41. The second kappa shape index (κ2) is 5.73. The van der Waals surface area contributed by atoms with Gasteiger partial charge in [0.15, 0.2) is 5.13 Å². The third kappa shape index (κ3) is 2.92. The van der Waals surface area contributed by atoms with Crippen molar-refractivity contribution >= 4 is 33.7 Å². The standard InChI is InChI=1S/C11H10N4OS2/c1-7-9(17-6-14-7)10(16)15-11-13-5-8(18-11)3-2-4-12/h5-6H,4,12H2,1H3,(H,13,15,16). The summed E-state index contributed by atoms with van der Waals surface area (Å²) in [5, 5.41) is 3.24. The highest BCUT2D eigenvalue weighted by Gasteiger charge is 2.13. The minimum atomic E-state index is -0.192. The lowest BCUT2D eigenvalue weighted by molar-refractivity contribution is 0.103. The zero-order chi connectivity index (χ0) is 13.0. The molecule has 3 N–H and O–H groups in total. The number of nitrogens with two attached hydrogens (primary N) is 1. The van der Waals surface area contributed by atoms with Crippen molar-refractivity contribution < 1.29 is 4.79 Å². The summed E-state index contributed by atoms with van der Waals surface area (Å²) in [6.07, 6.45) is 1.61. The number of carbonyl (C=O) groups excluding carboxylic acids is 1. The van der Waals surface area contributed by atoms with E-state index in [0.29, 0.717) is 16.6 Å². The monoisotopic (exact) mass is 278 g/mol. The fourth-order valence-electron chi connectivity index (χ4n) is 1.20. The molecule has 1 amide bonds. The molecule has 7 heteroatoms. The number of amides is 1. The summed E-state index contributed by atoms with van der Waals surface area (Å²) in [7, 11) is 0. The Balaban J connectivity index is 2.08. The van der Waals surface area contributed by atoms with E-state index in [2.05, 4.69) is 27.1 Å². The first kappa shape index (κ1) is 12.7. The van der Waals surface area contributed by atoms with Gasteiger partial charge in [-0.1, -0.05) is 23.2 Å². The van der Waals surface area contributed by atoms with Gasteiger partial charge in [0.25, 0.3) is 5.91 Å². The molecule has 18 heavy (non-hydrogen) atoms. The molecule has 2 aromatic rings. The van der Waals surface area contributed by atoms with Crippen LogP contribution in [0.5, 0.6) is 0 Å². The molecule has 0 fully saturated rings. The molecule has 0 aliphatic carbocycles. The van der Waals surface area contributed by atoms with E-state index in [4.69, 9.17) is 5.73 Å². The minimum absolute atomic E-state index is 0.192. The number of anilines is 1. The summed E-state index contributed by atoms with van der Waals surface area (Å²) >= 11 is 2.62. The molecule has 0 saturated carbocycles. The quantitative estimate of drug-likeness (QED) is 0.815. The molecule has 0 bridgehead atoms. The van der Waals surface area contributed by atoms with Crippen LogP contribution in [-0.2, 0) is 0 Å². The first-order valence-electron chi connectivity index (χ1n) is 5.07. The summed E-state index contributed by atoms with van der Waals surface area (Å²) in [6, 6.07) is 0. The minimum Gasteiger partial charge on any atom is -0.320 e. The molecule has 2 aromatic heterocycles. The molecule has 92 valence electrons. The van der Waals surface area contributed by atoms with Crippen LogP contribution in [0.2, 0.25) is 0 Å². The van der Waals surface area contributed by atoms with E-state index in [1.807, 2.05) is 0 Å². The molecular formula is C11H10N4OS2. The summed E-state index contributed by atoms with van der Waals surface area (Å²) in [4.78, 5) is 21.4. The van der Waals surface area contributed by atoms with Crippen molar-refractivity contribution in [2.45, 2.75) is 6.92 Å². The Morgan fingerprint density at radius 1 is 1.56 bits per heavy atom. The average Bonchev–Trinajstić information content (AvgIpc) is 2.95. The average molecular weight is 278 g/mol. The Hall–Kier alpha value is -1.75. The Labute approximate surface area is 112 Å². The third-order valence-corrected chi connectivity index (χ3v) is 3.75. The second-order valence-corrected chi connectivity index (χ2v) is 5.14. The van der Waals surface area contributed by atoms with Gasteiger partial charge in [-0.25, -0.2) is 9.97 Å². The number of nitrogens with zero attached hydrogens (tertiary/aromatic N) is 2. The predicted molar refractivity (Wildman–Crippen MR) is 72.9 cm³/mol. The van der Waals surface area contributed by atoms with Gasteiger partial charge in [-0.3, -0.25) is 10.1 Å². The van der Waals surface area contributed by atoms with E-state index in [9.17, 15) is 4.79 Å². The SMILES string of the molecule is Cc1ncsc1C(=O)Nc1ncc(C#CCN)s1. The van der Waals surface area contributed by atoms with Gasteiger partial charge in [-0.05, 0) is 6.92 Å². The largest absolute Gasteiger partial charge is 0.320 e. The lowest BCUT2D eigenvalue weighted by Crippen LogP contribution is -2.11. The lowest BCUT2D eigenvalue weighted by atomic mass is 10.4. The number of hydrogen-bond donors (Lipinski definition) is 2. The van der Waals surface area contributed by atoms with Crippen LogP contribution in [0.4, 0.5) is 5.13 Å². The second-order valence-electron chi connectivity index (χ2n) is 3.26. The van der Waals surface area contributed by atoms with Crippen molar-refractivity contribution in [3.63, 3.8) is 0 Å². The van der Waals surface area contributed by atoms with E-state index in [1.54, 1.807) is 18.6 Å². The highest BCUT2D eigenvalue weighted by atomic mass is 32.1. The van der Waals surface area contributed by atoms with Crippen molar-refractivity contribution in [1.82, 2.24) is 9.97 Å². The zero-order valence-electron chi connectivity index (χ0n) is 9.56. The molecule has 5 nitrogen and oxygen atoms in total. The molecule has 0 saturated heterocycles. The summed E-state index contributed by atoms with van der Waals surface area (Å²) in [6.45, 7) is 2.10. The Bertz CT molecular complexity index is 620. The Morgan fingerprint density at radius 2 is 2.39 bits per heavy atom. The number of thiazole rings is 2. The maximum Gasteiger partial charge on any atom is 0.269 e. The topological polar surface area (TPSA) is 80.9 Å². The highest BCUT2D eigenvalue weighted by molar-refractivity contribution is 7.16. The smallest absolute Gasteiger partial charge is 0.269 e. The Kier molecular flexibility index (Phi) is 4.04. The van der Waals surface area contributed by atoms with Crippen LogP contribution in [0.3, 0.4) is 0 Å². The van der Waals surface area contributed by atoms with E-state index in [1.165, 1.54) is 22.7 Å². The van der Waals surface area contributed by atoms with E-state index in [-0.39, 0.29) is 5.91 Å². The van der Waals surface area contributed by atoms with Crippen LogP contribution < -0.4 is 11.1 Å². The van der Waals surface area contributed by atoms with Crippen LogP contribution in [0, 0.1) is 18.8 Å². The number of nitrogens with one attached hydrogen (secondary N) is 1. The van der Waals surface area contributed by atoms with Crippen molar-refractivity contribution in [3.05, 3.63) is 27.2 Å². The van der Waals surface area contributed by atoms with Gasteiger partial charge in [0.1, 0.15) is 4.88 Å². The zero-order valence-corrected chi connectivity index (χ0v) is 11.2. The first-order valence-corrected chi connectivity index (χ1v) is 6.76. The van der Waals surface area contributed by atoms with Gasteiger partial charge in [-0.15, -0.1) is 11.3 Å². The molecule has 0 aliphatic rings. The summed E-state index contributed by atoms with van der Waals surface area (Å²) < 4.78 is 0. The molecule has 0 spiro atoms. The summed E-state index contributed by atoms with van der Waals surface area (Å²) in [5.41, 5.74) is 7.64. The molecule has 0 aromatic carbocycles. The van der Waals surface area contributed by atoms with Crippen molar-refractivity contribution in [2.75, 3.05) is 11.9 Å². The van der Waals surface area contributed by atoms with E-state index >= 15 is 0 Å². The van der Waals surface area contributed by atoms with Gasteiger partial charge in [0, 0.05) is 0 Å². The predicted octanol–water partition coefficient (Wildman–Crippen LogP) is 1.47. The van der Waals surface area contributed by atoms with Gasteiger partial charge in [-0.2, -0.15) is 0 Å². The maximum absolute atomic E-state index is 11.9. The van der Waals surface area contributed by atoms with Gasteiger partial charge in [0.05, 0.1) is 28.8 Å². The van der Waals surface area contributed by atoms with Crippen LogP contribution >= 0.6 is 22.7 Å². The number of hydrogen-bond acceptors (Lipinski definition) is 6. The van der Waals surface area contributed by atoms with Crippen LogP contribution in [0.1, 0.15) is 20.2 Å². The molecule has 2 rings (SSSR count). The maximum atomic E-state index is 11.9. The lowest BCUT2D eigenvalue weighted by Gasteiger charge is -1.98. The number of carbonyl (C=O) groups is 1. The van der Waals surface area contributed by atoms with Crippen LogP contribution in [0.15, 0.2) is 11.7 Å². The molecule has 0 unspecified atom stereocenters. The van der Waals surface area contributed by atoms with Gasteiger partial charge in [0.2, 0.25) is 0 Å². The van der Waals surface area contributed by atoms with Crippen molar-refractivity contribution in [3.8, 4) is 11.8 Å². The van der Waals surface area contributed by atoms with Gasteiger partial charge < -0.3 is 5.73 Å². The normalized spacial score (nSPS) is 9.67. The number of rotatable bonds is 2. The molecule has 0 radical (unpaired) electrons. The molecular weight excluding hydrogens is 268 g/mol. The third-order valence-electron chi connectivity index (χ3n) is 1.99. The van der Waals surface area contributed by atoms with Crippen LogP contribution in [-0.4, -0.2) is 22.4 Å². The molecule has 0 aliphatic heterocycles. The van der Waals surface area contributed by atoms with E-state index < -0.39 is 0 Å². The highest BCUT2D eigenvalue weighted by Crippen LogP contribution is 2.19. The van der Waals surface area contributed by atoms with Gasteiger partial charge >= 0.3 is 0 Å². The number of aromatic nitrogens is 2.